The Kier molecular flexibility index (Phi) is 10.8. The van der Waals surface area contributed by atoms with E-state index >= 15 is 0 Å². The lowest BCUT2D eigenvalue weighted by atomic mass is 10.1. The van der Waals surface area contributed by atoms with Crippen LogP contribution in [0.25, 0.3) is 0 Å². The van der Waals surface area contributed by atoms with Crippen molar-refractivity contribution in [1.29, 1.82) is 0 Å². The maximum atomic E-state index is 13.1. The van der Waals surface area contributed by atoms with Crippen LogP contribution < -0.4 is 20.3 Å². The fourth-order valence-corrected chi connectivity index (χ4v) is 3.40. The number of nitrogen functional groups attached to an aromatic ring is 1. The SMILES string of the molecule is C=CCN(C(=O)OC(C)(C)C)c1cccc(CN(C(=O)OCC)c2cc(OC/C=C/C)nc(N)c2[N+](=O)[O-])c1. The van der Waals surface area contributed by atoms with Crippen molar-refractivity contribution >= 4 is 35.1 Å². The quantitative estimate of drug-likeness (QED) is 0.217. The largest absolute Gasteiger partial charge is 0.473 e. The lowest BCUT2D eigenvalue weighted by molar-refractivity contribution is -0.383. The molecule has 210 valence electrons. The number of anilines is 3. The molecule has 0 aliphatic rings. The Hall–Kier alpha value is -4.61. The maximum Gasteiger partial charge on any atom is 0.415 e. The maximum absolute atomic E-state index is 13.1. The minimum absolute atomic E-state index is 0.00340. The van der Waals surface area contributed by atoms with Crippen LogP contribution in [0.3, 0.4) is 0 Å². The number of aromatic nitrogens is 1. The minimum atomic E-state index is -0.842. The summed E-state index contributed by atoms with van der Waals surface area (Å²) in [7, 11) is 0. The Morgan fingerprint density at radius 1 is 1.21 bits per heavy atom. The van der Waals surface area contributed by atoms with Crippen LogP contribution >= 0.6 is 0 Å². The first-order valence-electron chi connectivity index (χ1n) is 12.2. The zero-order valence-electron chi connectivity index (χ0n) is 22.9. The number of benzene rings is 1. The van der Waals surface area contributed by atoms with Crippen molar-refractivity contribution in [3.63, 3.8) is 0 Å². The number of pyridine rings is 1. The van der Waals surface area contributed by atoms with E-state index in [2.05, 4.69) is 11.6 Å². The highest BCUT2D eigenvalue weighted by Gasteiger charge is 2.31. The van der Waals surface area contributed by atoms with E-state index in [1.54, 1.807) is 70.2 Å². The number of rotatable bonds is 11. The summed E-state index contributed by atoms with van der Waals surface area (Å²) < 4.78 is 16.3. The average Bonchev–Trinajstić information content (AvgIpc) is 2.84. The number of carbonyl (C=O) groups excluding carboxylic acids is 2. The first kappa shape index (κ1) is 30.6. The molecule has 2 aromatic rings. The Bertz CT molecular complexity index is 1220. The van der Waals surface area contributed by atoms with Crippen LogP contribution in [0, 0.1) is 10.1 Å². The van der Waals surface area contributed by atoms with Crippen molar-refractivity contribution in [3.8, 4) is 5.88 Å². The van der Waals surface area contributed by atoms with E-state index in [9.17, 15) is 19.7 Å². The number of nitrogens with zero attached hydrogens (tertiary/aromatic N) is 4. The molecule has 2 amide bonds. The van der Waals surface area contributed by atoms with Crippen molar-refractivity contribution < 1.29 is 28.7 Å². The molecule has 0 atom stereocenters. The summed E-state index contributed by atoms with van der Waals surface area (Å²) in [5.41, 5.74) is 5.49. The van der Waals surface area contributed by atoms with Gasteiger partial charge in [-0.05, 0) is 52.3 Å². The number of hydrogen-bond acceptors (Lipinski definition) is 9. The number of amides is 2. The summed E-state index contributed by atoms with van der Waals surface area (Å²) in [6, 6.07) is 8.03. The van der Waals surface area contributed by atoms with Gasteiger partial charge in [-0.25, -0.2) is 9.59 Å². The smallest absolute Gasteiger partial charge is 0.415 e. The Morgan fingerprint density at radius 3 is 2.51 bits per heavy atom. The summed E-state index contributed by atoms with van der Waals surface area (Å²) >= 11 is 0. The topological polar surface area (TPSA) is 150 Å². The van der Waals surface area contributed by atoms with Gasteiger partial charge in [0.2, 0.25) is 11.7 Å². The van der Waals surface area contributed by atoms with Crippen molar-refractivity contribution in [1.82, 2.24) is 4.98 Å². The summed E-state index contributed by atoms with van der Waals surface area (Å²) in [6.07, 6.45) is 3.61. The molecule has 1 aromatic heterocycles. The zero-order valence-corrected chi connectivity index (χ0v) is 22.9. The number of carbonyl (C=O) groups is 2. The third-order valence-electron chi connectivity index (χ3n) is 4.99. The fourth-order valence-electron chi connectivity index (χ4n) is 3.40. The molecule has 39 heavy (non-hydrogen) atoms. The van der Waals surface area contributed by atoms with E-state index in [0.29, 0.717) is 11.3 Å². The van der Waals surface area contributed by atoms with Gasteiger partial charge < -0.3 is 19.9 Å². The predicted molar refractivity (Wildman–Crippen MR) is 149 cm³/mol. The van der Waals surface area contributed by atoms with Gasteiger partial charge in [0.25, 0.3) is 0 Å². The highest BCUT2D eigenvalue weighted by atomic mass is 16.6. The van der Waals surface area contributed by atoms with Crippen LogP contribution in [0.4, 0.5) is 32.5 Å². The molecule has 2 rings (SSSR count). The molecule has 0 radical (unpaired) electrons. The molecule has 2 N–H and O–H groups in total. The van der Waals surface area contributed by atoms with Gasteiger partial charge in [-0.15, -0.1) is 6.58 Å². The molecule has 12 heteroatoms. The van der Waals surface area contributed by atoms with E-state index < -0.39 is 34.2 Å². The van der Waals surface area contributed by atoms with Crippen LogP contribution in [0.1, 0.15) is 40.2 Å². The second-order valence-corrected chi connectivity index (χ2v) is 9.19. The number of nitrogens with two attached hydrogens (primary N) is 1. The van der Waals surface area contributed by atoms with Gasteiger partial charge in [0, 0.05) is 18.3 Å². The molecule has 0 saturated carbocycles. The van der Waals surface area contributed by atoms with E-state index in [0.717, 1.165) is 4.90 Å². The molecule has 0 aliphatic carbocycles. The Balaban J connectivity index is 2.57. The van der Waals surface area contributed by atoms with Gasteiger partial charge >= 0.3 is 17.9 Å². The Morgan fingerprint density at radius 2 is 1.92 bits per heavy atom. The molecular formula is C27H35N5O7. The van der Waals surface area contributed by atoms with Crippen molar-refractivity contribution in [2.24, 2.45) is 0 Å². The lowest BCUT2D eigenvalue weighted by Crippen LogP contribution is -2.37. The van der Waals surface area contributed by atoms with Gasteiger partial charge in [-0.2, -0.15) is 4.98 Å². The van der Waals surface area contributed by atoms with Crippen LogP contribution in [0.15, 0.2) is 55.1 Å². The van der Waals surface area contributed by atoms with Gasteiger partial charge in [-0.3, -0.25) is 19.9 Å². The van der Waals surface area contributed by atoms with Crippen LogP contribution in [0.5, 0.6) is 5.88 Å². The normalized spacial score (nSPS) is 11.1. The highest BCUT2D eigenvalue weighted by Crippen LogP contribution is 2.37. The molecule has 1 aromatic carbocycles. The fraction of sp³-hybridized carbons (Fsp3) is 0.370. The number of ether oxygens (including phenoxy) is 3. The van der Waals surface area contributed by atoms with Gasteiger partial charge in [0.1, 0.15) is 17.9 Å². The molecular weight excluding hydrogens is 506 g/mol. The third kappa shape index (κ3) is 8.73. The highest BCUT2D eigenvalue weighted by molar-refractivity contribution is 5.93. The standard InChI is InChI=1S/C27H35N5O7/c1-7-10-15-38-22-17-21(23(32(35)36)24(28)29-22)31(25(33)37-9-3)18-19-12-11-13-20(16-19)30(14-8-2)26(34)39-27(4,5)6/h7-8,10-13,16-17H,2,9,14-15,18H2,1,3-6H3,(H2,28,29)/b10-7+. The minimum Gasteiger partial charge on any atom is -0.473 e. The summed E-state index contributed by atoms with van der Waals surface area (Å²) in [4.78, 5) is 43.6. The third-order valence-corrected chi connectivity index (χ3v) is 4.99. The van der Waals surface area contributed by atoms with Crippen molar-refractivity contribution in [3.05, 3.63) is 70.8 Å². The molecule has 0 saturated heterocycles. The molecule has 1 heterocycles. The number of allylic oxidation sites excluding steroid dienone is 1. The summed E-state index contributed by atoms with van der Waals surface area (Å²) in [5.74, 6) is -0.422. The van der Waals surface area contributed by atoms with Gasteiger partial charge in [-0.1, -0.05) is 30.4 Å². The molecule has 0 fully saturated rings. The van der Waals surface area contributed by atoms with E-state index in [1.807, 2.05) is 6.92 Å². The average molecular weight is 542 g/mol. The second kappa shape index (κ2) is 13.8. The number of nitro groups is 1. The van der Waals surface area contributed by atoms with E-state index in [4.69, 9.17) is 19.9 Å². The predicted octanol–water partition coefficient (Wildman–Crippen LogP) is 5.62. The van der Waals surface area contributed by atoms with Gasteiger partial charge in [0.05, 0.1) is 18.1 Å². The lowest BCUT2D eigenvalue weighted by Gasteiger charge is -2.27. The zero-order chi connectivity index (χ0) is 29.2. The first-order valence-corrected chi connectivity index (χ1v) is 12.2. The molecule has 0 spiro atoms. The van der Waals surface area contributed by atoms with E-state index in [1.165, 1.54) is 11.0 Å². The van der Waals surface area contributed by atoms with Crippen molar-refractivity contribution in [2.45, 2.75) is 46.8 Å². The van der Waals surface area contributed by atoms with Crippen LogP contribution in [-0.4, -0.2) is 47.5 Å². The molecule has 0 aliphatic heterocycles. The number of hydrogen-bond donors (Lipinski definition) is 1. The second-order valence-electron chi connectivity index (χ2n) is 9.19. The van der Waals surface area contributed by atoms with E-state index in [-0.39, 0.29) is 37.9 Å². The summed E-state index contributed by atoms with van der Waals surface area (Å²) in [5, 5.41) is 11.9. The van der Waals surface area contributed by atoms with Crippen LogP contribution in [-0.2, 0) is 16.0 Å². The Labute approximate surface area is 227 Å². The molecule has 0 bridgehead atoms. The monoisotopic (exact) mass is 541 g/mol. The molecule has 12 nitrogen and oxygen atoms in total. The molecule has 0 unspecified atom stereocenters. The van der Waals surface area contributed by atoms with Gasteiger partial charge in [0.15, 0.2) is 0 Å². The summed E-state index contributed by atoms with van der Waals surface area (Å²) in [6.45, 7) is 12.6. The first-order chi connectivity index (χ1) is 18.4. The van der Waals surface area contributed by atoms with Crippen molar-refractivity contribution in [2.75, 3.05) is 35.3 Å². The van der Waals surface area contributed by atoms with Crippen LogP contribution in [0.2, 0.25) is 0 Å².